The summed E-state index contributed by atoms with van der Waals surface area (Å²) < 4.78 is 27.7. The van der Waals surface area contributed by atoms with Crippen molar-refractivity contribution in [1.82, 2.24) is 4.98 Å². The SMILES string of the molecule is OCC#Cc1cncc(OC(F)F)c1. The van der Waals surface area contributed by atoms with Gasteiger partial charge in [-0.25, -0.2) is 0 Å². The summed E-state index contributed by atoms with van der Waals surface area (Å²) in [5.41, 5.74) is 0.414. The molecule has 1 heterocycles. The van der Waals surface area contributed by atoms with Crippen molar-refractivity contribution in [1.29, 1.82) is 0 Å². The molecule has 0 unspecified atom stereocenters. The monoisotopic (exact) mass is 199 g/mol. The van der Waals surface area contributed by atoms with E-state index in [1.165, 1.54) is 12.3 Å². The van der Waals surface area contributed by atoms with Crippen LogP contribution >= 0.6 is 0 Å². The summed E-state index contributed by atoms with van der Waals surface area (Å²) in [5, 5.41) is 8.40. The molecule has 0 spiro atoms. The van der Waals surface area contributed by atoms with Crippen LogP contribution in [0.3, 0.4) is 0 Å². The van der Waals surface area contributed by atoms with E-state index in [-0.39, 0.29) is 12.4 Å². The molecule has 0 fully saturated rings. The number of nitrogens with zero attached hydrogens (tertiary/aromatic N) is 1. The third-order valence-corrected chi connectivity index (χ3v) is 1.25. The minimum absolute atomic E-state index is 0.0512. The number of pyridine rings is 1. The van der Waals surface area contributed by atoms with Gasteiger partial charge in [-0.2, -0.15) is 8.78 Å². The van der Waals surface area contributed by atoms with Gasteiger partial charge in [0.15, 0.2) is 0 Å². The van der Waals surface area contributed by atoms with E-state index >= 15 is 0 Å². The fraction of sp³-hybridized carbons (Fsp3) is 0.222. The highest BCUT2D eigenvalue weighted by Crippen LogP contribution is 2.13. The Morgan fingerprint density at radius 1 is 1.50 bits per heavy atom. The summed E-state index contributed by atoms with van der Waals surface area (Å²) in [6, 6.07) is 1.32. The van der Waals surface area contributed by atoms with E-state index in [4.69, 9.17) is 5.11 Å². The number of hydrogen-bond acceptors (Lipinski definition) is 3. The average molecular weight is 199 g/mol. The minimum atomic E-state index is -2.88. The van der Waals surface area contributed by atoms with Crippen LogP contribution in [0.4, 0.5) is 8.78 Å². The number of hydrogen-bond donors (Lipinski definition) is 1. The van der Waals surface area contributed by atoms with Gasteiger partial charge in [-0.3, -0.25) is 4.98 Å². The van der Waals surface area contributed by atoms with Crippen molar-refractivity contribution in [3.8, 4) is 17.6 Å². The molecule has 0 aromatic carbocycles. The van der Waals surface area contributed by atoms with Gasteiger partial charge in [-0.05, 0) is 6.07 Å². The van der Waals surface area contributed by atoms with Crippen LogP contribution in [-0.4, -0.2) is 23.3 Å². The first-order valence-corrected chi connectivity index (χ1v) is 3.72. The maximum atomic E-state index is 11.8. The molecule has 3 nitrogen and oxygen atoms in total. The molecule has 0 aliphatic carbocycles. The molecule has 74 valence electrons. The van der Waals surface area contributed by atoms with Gasteiger partial charge in [-0.15, -0.1) is 0 Å². The van der Waals surface area contributed by atoms with E-state index in [9.17, 15) is 8.78 Å². The number of aromatic nitrogens is 1. The Bertz CT molecular complexity index is 357. The molecule has 0 aliphatic rings. The lowest BCUT2D eigenvalue weighted by molar-refractivity contribution is -0.0500. The van der Waals surface area contributed by atoms with E-state index in [1.807, 2.05) is 0 Å². The van der Waals surface area contributed by atoms with Gasteiger partial charge in [0.2, 0.25) is 0 Å². The van der Waals surface area contributed by atoms with Gasteiger partial charge in [-0.1, -0.05) is 11.8 Å². The lowest BCUT2D eigenvalue weighted by Crippen LogP contribution is -2.02. The van der Waals surface area contributed by atoms with Crippen LogP contribution in [0, 0.1) is 11.8 Å². The summed E-state index contributed by atoms with van der Waals surface area (Å²) in [5.74, 6) is 4.84. The second-order valence-electron chi connectivity index (χ2n) is 2.25. The summed E-state index contributed by atoms with van der Waals surface area (Å²) in [7, 11) is 0. The van der Waals surface area contributed by atoms with Crippen LogP contribution in [0.25, 0.3) is 0 Å². The maximum absolute atomic E-state index is 11.8. The molecule has 1 N–H and O–H groups in total. The summed E-state index contributed by atoms with van der Waals surface area (Å²) in [6.45, 7) is -3.17. The highest BCUT2D eigenvalue weighted by molar-refractivity contribution is 5.36. The molecule has 14 heavy (non-hydrogen) atoms. The maximum Gasteiger partial charge on any atom is 0.387 e. The van der Waals surface area contributed by atoms with Gasteiger partial charge in [0.05, 0.1) is 6.20 Å². The molecule has 0 amide bonds. The molecule has 1 aromatic rings. The van der Waals surface area contributed by atoms with Gasteiger partial charge < -0.3 is 9.84 Å². The zero-order valence-electron chi connectivity index (χ0n) is 7.08. The normalized spacial score (nSPS) is 9.43. The van der Waals surface area contributed by atoms with Crippen molar-refractivity contribution >= 4 is 0 Å². The molecule has 0 saturated heterocycles. The molecule has 5 heteroatoms. The molecule has 0 aliphatic heterocycles. The Hall–Kier alpha value is -1.67. The van der Waals surface area contributed by atoms with Crippen LogP contribution in [0.15, 0.2) is 18.5 Å². The lowest BCUT2D eigenvalue weighted by Gasteiger charge is -2.02. The molecule has 0 atom stereocenters. The third kappa shape index (κ3) is 3.37. The van der Waals surface area contributed by atoms with Crippen molar-refractivity contribution in [3.63, 3.8) is 0 Å². The van der Waals surface area contributed by atoms with Gasteiger partial charge in [0.1, 0.15) is 12.4 Å². The van der Waals surface area contributed by atoms with E-state index in [0.717, 1.165) is 6.20 Å². The predicted octanol–water partition coefficient (Wildman–Crippen LogP) is 1.03. The average Bonchev–Trinajstić information content (AvgIpc) is 2.14. The smallest absolute Gasteiger partial charge is 0.387 e. The Labute approximate surface area is 79.3 Å². The first-order chi connectivity index (χ1) is 6.72. The Kier molecular flexibility index (Phi) is 3.83. The van der Waals surface area contributed by atoms with Crippen molar-refractivity contribution in [3.05, 3.63) is 24.0 Å². The lowest BCUT2D eigenvalue weighted by atomic mass is 10.3. The Morgan fingerprint density at radius 3 is 2.93 bits per heavy atom. The Morgan fingerprint density at radius 2 is 2.29 bits per heavy atom. The highest BCUT2D eigenvalue weighted by atomic mass is 19.3. The number of halogens is 2. The van der Waals surface area contributed by atoms with Crippen molar-refractivity contribution in [2.24, 2.45) is 0 Å². The van der Waals surface area contributed by atoms with Crippen LogP contribution in [0.5, 0.6) is 5.75 Å². The fourth-order valence-corrected chi connectivity index (χ4v) is 0.796. The number of ether oxygens (including phenoxy) is 1. The van der Waals surface area contributed by atoms with Crippen LogP contribution in [-0.2, 0) is 0 Å². The first kappa shape index (κ1) is 10.4. The molecule has 0 radical (unpaired) electrons. The van der Waals surface area contributed by atoms with Gasteiger partial charge in [0, 0.05) is 11.8 Å². The van der Waals surface area contributed by atoms with Crippen molar-refractivity contribution in [2.75, 3.05) is 6.61 Å². The largest absolute Gasteiger partial charge is 0.433 e. The number of aliphatic hydroxyl groups is 1. The summed E-state index contributed by atoms with van der Waals surface area (Å²) in [6.07, 6.45) is 2.55. The second-order valence-corrected chi connectivity index (χ2v) is 2.25. The van der Waals surface area contributed by atoms with E-state index in [2.05, 4.69) is 21.6 Å². The molecule has 0 bridgehead atoms. The summed E-state index contributed by atoms with van der Waals surface area (Å²) in [4.78, 5) is 3.65. The van der Waals surface area contributed by atoms with Gasteiger partial charge in [0.25, 0.3) is 0 Å². The van der Waals surface area contributed by atoms with Crippen LogP contribution in [0.1, 0.15) is 5.56 Å². The van der Waals surface area contributed by atoms with Gasteiger partial charge >= 0.3 is 6.61 Å². The second kappa shape index (κ2) is 5.14. The predicted molar refractivity (Wildman–Crippen MR) is 44.8 cm³/mol. The number of alkyl halides is 2. The quantitative estimate of drug-likeness (QED) is 0.723. The first-order valence-electron chi connectivity index (χ1n) is 3.72. The molecular weight excluding hydrogens is 192 g/mol. The van der Waals surface area contributed by atoms with E-state index in [0.29, 0.717) is 5.56 Å². The Balaban J connectivity index is 2.78. The molecular formula is C9H7F2NO2. The number of aliphatic hydroxyl groups excluding tert-OH is 1. The van der Waals surface area contributed by atoms with Crippen LogP contribution in [0.2, 0.25) is 0 Å². The van der Waals surface area contributed by atoms with E-state index < -0.39 is 6.61 Å². The van der Waals surface area contributed by atoms with E-state index in [1.54, 1.807) is 0 Å². The standard InChI is InChI=1S/C9H7F2NO2/c10-9(11)14-8-4-7(2-1-3-13)5-12-6-8/h4-6,9,13H,3H2. The van der Waals surface area contributed by atoms with Crippen LogP contribution < -0.4 is 4.74 Å². The zero-order valence-corrected chi connectivity index (χ0v) is 7.08. The zero-order chi connectivity index (χ0) is 10.4. The van der Waals surface area contributed by atoms with Crippen molar-refractivity contribution in [2.45, 2.75) is 6.61 Å². The third-order valence-electron chi connectivity index (χ3n) is 1.25. The summed E-state index contributed by atoms with van der Waals surface area (Å²) >= 11 is 0. The number of rotatable bonds is 2. The minimum Gasteiger partial charge on any atom is -0.433 e. The fourth-order valence-electron chi connectivity index (χ4n) is 0.796. The topological polar surface area (TPSA) is 42.4 Å². The molecule has 1 rings (SSSR count). The van der Waals surface area contributed by atoms with Crippen molar-refractivity contribution < 1.29 is 18.6 Å². The highest BCUT2D eigenvalue weighted by Gasteiger charge is 2.03. The molecule has 1 aromatic heterocycles. The molecule has 0 saturated carbocycles.